The van der Waals surface area contributed by atoms with E-state index in [0.29, 0.717) is 16.1 Å². The quantitative estimate of drug-likeness (QED) is 0.679. The number of imide groups is 1. The van der Waals surface area contributed by atoms with E-state index in [-0.39, 0.29) is 5.91 Å². The molecule has 2 heterocycles. The number of halogens is 1. The van der Waals surface area contributed by atoms with Gasteiger partial charge in [0.15, 0.2) is 0 Å². The molecule has 0 bridgehead atoms. The molecule has 2 aliphatic rings. The van der Waals surface area contributed by atoms with Crippen molar-refractivity contribution in [1.82, 2.24) is 10.2 Å². The predicted octanol–water partition coefficient (Wildman–Crippen LogP) is 2.18. The van der Waals surface area contributed by atoms with Crippen LogP contribution in [0.15, 0.2) is 48.5 Å². The SMILES string of the molecule is O=C1N[C@@H](c2ccc(Cl)cc2)[C@@H]1N1C(=O)c2ccccc2C1=O. The van der Waals surface area contributed by atoms with Gasteiger partial charge in [-0.15, -0.1) is 0 Å². The number of carbonyl (C=O) groups is 3. The Kier molecular flexibility index (Phi) is 2.99. The van der Waals surface area contributed by atoms with E-state index in [2.05, 4.69) is 5.32 Å². The summed E-state index contributed by atoms with van der Waals surface area (Å²) in [4.78, 5) is 38.1. The topological polar surface area (TPSA) is 66.5 Å². The zero-order valence-corrected chi connectivity index (χ0v) is 12.6. The molecule has 0 unspecified atom stereocenters. The van der Waals surface area contributed by atoms with E-state index in [9.17, 15) is 14.4 Å². The molecule has 1 fully saturated rings. The molecule has 0 saturated carbocycles. The molecule has 2 aromatic carbocycles. The lowest BCUT2D eigenvalue weighted by atomic mass is 9.90. The van der Waals surface area contributed by atoms with Gasteiger partial charge in [-0.05, 0) is 29.8 Å². The molecule has 6 heteroatoms. The first kappa shape index (κ1) is 14.0. The second-order valence-electron chi connectivity index (χ2n) is 5.51. The minimum atomic E-state index is -0.830. The van der Waals surface area contributed by atoms with Crippen LogP contribution in [-0.4, -0.2) is 28.7 Å². The molecule has 2 atom stereocenters. The minimum absolute atomic E-state index is 0.334. The number of hydrogen-bond donors (Lipinski definition) is 1. The highest BCUT2D eigenvalue weighted by atomic mass is 35.5. The van der Waals surface area contributed by atoms with E-state index < -0.39 is 23.9 Å². The van der Waals surface area contributed by atoms with Gasteiger partial charge in [-0.3, -0.25) is 19.3 Å². The lowest BCUT2D eigenvalue weighted by molar-refractivity contribution is -0.135. The number of hydrogen-bond acceptors (Lipinski definition) is 3. The first-order valence-corrected chi connectivity index (χ1v) is 7.48. The van der Waals surface area contributed by atoms with Crippen molar-refractivity contribution in [2.45, 2.75) is 12.1 Å². The van der Waals surface area contributed by atoms with Crippen LogP contribution < -0.4 is 5.32 Å². The molecule has 0 spiro atoms. The van der Waals surface area contributed by atoms with Crippen molar-refractivity contribution in [3.63, 3.8) is 0 Å². The maximum Gasteiger partial charge on any atom is 0.262 e. The average Bonchev–Trinajstić information content (AvgIpc) is 2.79. The summed E-state index contributed by atoms with van der Waals surface area (Å²) in [5.74, 6) is -1.19. The maximum atomic E-state index is 12.5. The van der Waals surface area contributed by atoms with Crippen molar-refractivity contribution in [1.29, 1.82) is 0 Å². The smallest absolute Gasteiger partial charge is 0.262 e. The molecule has 114 valence electrons. The second kappa shape index (κ2) is 4.93. The van der Waals surface area contributed by atoms with Gasteiger partial charge in [0.1, 0.15) is 6.04 Å². The minimum Gasteiger partial charge on any atom is -0.345 e. The molecule has 3 amide bonds. The van der Waals surface area contributed by atoms with E-state index in [0.717, 1.165) is 10.5 Å². The fourth-order valence-electron chi connectivity index (χ4n) is 3.04. The summed E-state index contributed by atoms with van der Waals surface area (Å²) in [5, 5.41) is 3.33. The summed E-state index contributed by atoms with van der Waals surface area (Å²) in [6, 6.07) is 12.3. The predicted molar refractivity (Wildman–Crippen MR) is 83.1 cm³/mol. The van der Waals surface area contributed by atoms with E-state index in [4.69, 9.17) is 11.6 Å². The summed E-state index contributed by atoms with van der Waals surface area (Å²) < 4.78 is 0. The van der Waals surface area contributed by atoms with Crippen LogP contribution in [0.3, 0.4) is 0 Å². The number of nitrogens with one attached hydrogen (secondary N) is 1. The molecule has 0 radical (unpaired) electrons. The molecular formula is C17H11ClN2O3. The van der Waals surface area contributed by atoms with Crippen LogP contribution in [0, 0.1) is 0 Å². The second-order valence-corrected chi connectivity index (χ2v) is 5.94. The van der Waals surface area contributed by atoms with Gasteiger partial charge in [-0.2, -0.15) is 0 Å². The zero-order valence-electron chi connectivity index (χ0n) is 11.8. The molecule has 2 aliphatic heterocycles. The number of β-lactam (4-membered cyclic amide) rings is 1. The highest BCUT2D eigenvalue weighted by Crippen LogP contribution is 2.34. The largest absolute Gasteiger partial charge is 0.345 e. The van der Waals surface area contributed by atoms with E-state index in [1.54, 1.807) is 48.5 Å². The summed E-state index contributed by atoms with van der Waals surface area (Å²) in [7, 11) is 0. The van der Waals surface area contributed by atoms with Gasteiger partial charge >= 0.3 is 0 Å². The van der Waals surface area contributed by atoms with Gasteiger partial charge < -0.3 is 5.32 Å². The fraction of sp³-hybridized carbons (Fsp3) is 0.118. The Labute approximate surface area is 136 Å². The van der Waals surface area contributed by atoms with Gasteiger partial charge in [-0.25, -0.2) is 0 Å². The normalized spacial score (nSPS) is 22.7. The molecule has 23 heavy (non-hydrogen) atoms. The number of benzene rings is 2. The van der Waals surface area contributed by atoms with Gasteiger partial charge in [0.05, 0.1) is 17.2 Å². The van der Waals surface area contributed by atoms with E-state index in [1.807, 2.05) is 0 Å². The number of fused-ring (bicyclic) bond motifs is 1. The van der Waals surface area contributed by atoms with Crippen molar-refractivity contribution in [3.8, 4) is 0 Å². The van der Waals surface area contributed by atoms with Crippen LogP contribution in [0.2, 0.25) is 5.02 Å². The molecule has 0 aromatic heterocycles. The number of nitrogens with zero attached hydrogens (tertiary/aromatic N) is 1. The molecule has 1 N–H and O–H groups in total. The van der Waals surface area contributed by atoms with Crippen LogP contribution in [0.25, 0.3) is 0 Å². The Morgan fingerprint density at radius 1 is 0.870 bits per heavy atom. The molecule has 5 nitrogen and oxygen atoms in total. The van der Waals surface area contributed by atoms with Gasteiger partial charge in [0, 0.05) is 5.02 Å². The Morgan fingerprint density at radius 3 is 1.96 bits per heavy atom. The number of amides is 3. The monoisotopic (exact) mass is 326 g/mol. The first-order chi connectivity index (χ1) is 11.1. The standard InChI is InChI=1S/C17H11ClN2O3/c18-10-7-5-9(6-8-10)13-14(15(21)19-13)20-16(22)11-3-1-2-4-12(11)17(20)23/h1-8,13-14H,(H,19,21)/t13-,14-/m0/s1. The highest BCUT2D eigenvalue weighted by Gasteiger charge is 2.52. The molecule has 4 rings (SSSR count). The third-order valence-corrected chi connectivity index (χ3v) is 4.47. The van der Waals surface area contributed by atoms with Crippen molar-refractivity contribution < 1.29 is 14.4 Å². The molecule has 1 saturated heterocycles. The zero-order chi connectivity index (χ0) is 16.1. The third-order valence-electron chi connectivity index (χ3n) is 4.21. The van der Waals surface area contributed by atoms with E-state index >= 15 is 0 Å². The average molecular weight is 327 g/mol. The van der Waals surface area contributed by atoms with E-state index in [1.165, 1.54) is 0 Å². The Morgan fingerprint density at radius 2 is 1.43 bits per heavy atom. The molecule has 0 aliphatic carbocycles. The van der Waals surface area contributed by atoms with Crippen molar-refractivity contribution in [3.05, 3.63) is 70.2 Å². The summed E-state index contributed by atoms with van der Waals surface area (Å²) in [5.41, 5.74) is 1.48. The third kappa shape index (κ3) is 1.97. The lowest BCUT2D eigenvalue weighted by Crippen LogP contribution is -2.65. The number of carbonyl (C=O) groups excluding carboxylic acids is 3. The van der Waals surface area contributed by atoms with Crippen LogP contribution in [-0.2, 0) is 4.79 Å². The fourth-order valence-corrected chi connectivity index (χ4v) is 3.16. The molecular weight excluding hydrogens is 316 g/mol. The van der Waals surface area contributed by atoms with Gasteiger partial charge in [0.2, 0.25) is 5.91 Å². The lowest BCUT2D eigenvalue weighted by Gasteiger charge is -2.41. The van der Waals surface area contributed by atoms with Crippen molar-refractivity contribution >= 4 is 29.3 Å². The highest BCUT2D eigenvalue weighted by molar-refractivity contribution is 6.30. The number of rotatable bonds is 2. The van der Waals surface area contributed by atoms with Gasteiger partial charge in [-0.1, -0.05) is 35.9 Å². The Bertz CT molecular complexity index is 812. The van der Waals surface area contributed by atoms with Gasteiger partial charge in [0.25, 0.3) is 11.8 Å². The van der Waals surface area contributed by atoms with Crippen molar-refractivity contribution in [2.24, 2.45) is 0 Å². The van der Waals surface area contributed by atoms with Crippen LogP contribution in [0.5, 0.6) is 0 Å². The summed E-state index contributed by atoms with van der Waals surface area (Å²) >= 11 is 5.87. The first-order valence-electron chi connectivity index (χ1n) is 7.10. The summed E-state index contributed by atoms with van der Waals surface area (Å²) in [6.07, 6.45) is 0. The van der Waals surface area contributed by atoms with Crippen LogP contribution in [0.4, 0.5) is 0 Å². The van der Waals surface area contributed by atoms with Crippen LogP contribution >= 0.6 is 11.6 Å². The maximum absolute atomic E-state index is 12.5. The molecule has 2 aromatic rings. The van der Waals surface area contributed by atoms with Crippen LogP contribution in [0.1, 0.15) is 32.3 Å². The Hall–Kier alpha value is -2.66. The summed E-state index contributed by atoms with van der Waals surface area (Å²) in [6.45, 7) is 0. The van der Waals surface area contributed by atoms with Crippen molar-refractivity contribution in [2.75, 3.05) is 0 Å². The Balaban J connectivity index is 1.70.